The minimum Gasteiger partial charge on any atom is -0.508 e. The molecule has 3 N–H and O–H groups in total. The molecule has 9 nitrogen and oxygen atoms in total. The molecule has 5 aromatic carbocycles. The molecule has 9 heteroatoms. The summed E-state index contributed by atoms with van der Waals surface area (Å²) in [6.07, 6.45) is 11.1. The number of phenols is 3. The molecule has 77 heavy (non-hydrogen) atoms. The van der Waals surface area contributed by atoms with Crippen LogP contribution in [0, 0.1) is 53.8 Å². The lowest BCUT2D eigenvalue weighted by Crippen LogP contribution is -2.60. The van der Waals surface area contributed by atoms with Crippen LogP contribution in [0.2, 0.25) is 0 Å². The molecule has 0 aliphatic heterocycles. The largest absolute Gasteiger partial charge is 0.508 e. The zero-order valence-corrected chi connectivity index (χ0v) is 49.6. The minimum atomic E-state index is -0.482. The summed E-state index contributed by atoms with van der Waals surface area (Å²) < 4.78 is 16.8. The Morgan fingerprint density at radius 2 is 1.06 bits per heavy atom. The Kier molecular flexibility index (Phi) is 21.1. The third-order valence-corrected chi connectivity index (χ3v) is 18.2. The van der Waals surface area contributed by atoms with Crippen molar-refractivity contribution in [2.45, 2.75) is 198 Å². The smallest absolute Gasteiger partial charge is 0.316 e. The molecule has 4 saturated carbocycles. The lowest BCUT2D eigenvalue weighted by Gasteiger charge is -2.60. The zero-order valence-electron chi connectivity index (χ0n) is 49.6. The summed E-state index contributed by atoms with van der Waals surface area (Å²) in [5.74, 6) is 6.32. The highest BCUT2D eigenvalue weighted by molar-refractivity contribution is 5.92. The number of benzene rings is 5. The summed E-state index contributed by atoms with van der Waals surface area (Å²) in [6, 6.07) is 30.2. The molecule has 0 aromatic heterocycles. The molecule has 0 heterocycles. The van der Waals surface area contributed by atoms with Gasteiger partial charge in [-0.2, -0.15) is 0 Å². The second-order valence-electron chi connectivity index (χ2n) is 24.7. The van der Waals surface area contributed by atoms with Crippen molar-refractivity contribution in [3.63, 3.8) is 0 Å². The van der Waals surface area contributed by atoms with E-state index in [9.17, 15) is 24.6 Å². The summed E-state index contributed by atoms with van der Waals surface area (Å²) in [5.41, 5.74) is 4.38. The van der Waals surface area contributed by atoms with Crippen molar-refractivity contribution < 1.29 is 43.9 Å². The quantitative estimate of drug-likeness (QED) is 0.0823. The second kappa shape index (κ2) is 26.2. The molecule has 0 radical (unpaired) electrons. The van der Waals surface area contributed by atoms with Gasteiger partial charge in [0.25, 0.3) is 0 Å². The lowest BCUT2D eigenvalue weighted by molar-refractivity contribution is -0.218. The molecule has 4 fully saturated rings. The maximum absolute atomic E-state index is 12.6. The summed E-state index contributed by atoms with van der Waals surface area (Å²) in [6.45, 7) is 32.2. The van der Waals surface area contributed by atoms with Crippen LogP contribution in [0.1, 0.15) is 207 Å². The van der Waals surface area contributed by atoms with Crippen molar-refractivity contribution in [3.8, 4) is 28.7 Å². The standard InChI is InChI=1S/C18H30O2.C14H14.2C13H18O3.C10H14O/c1-5-17(3,4)16(19)20-18(6-2)14-8-12-7-13(10-14)11-15(18)9-12;1-9-10(2)13-8-4-6-11-5-3-7-12(9)14(11)13;1-5-13(3,4)12(15)16-10-6-7-11(14)9(2)8-10;1-5-13(3,4)12(15)16-11-7-6-10(14)8-9(11)2;1-3-8(2)9-4-6-10(11)7-5-9/h12-15H,5-11H2,1-4H3;3-10H,1-2H3;2*6-8,14H,5H2,1-4H3;4-8,11H,3H2,1-2H3. The van der Waals surface area contributed by atoms with Gasteiger partial charge < -0.3 is 29.5 Å². The van der Waals surface area contributed by atoms with E-state index in [0.29, 0.717) is 52.4 Å². The zero-order chi connectivity index (χ0) is 57.2. The fraction of sp³-hybridized carbons (Fsp3) is 0.544. The molecule has 420 valence electrons. The molecule has 5 aliphatic carbocycles. The van der Waals surface area contributed by atoms with Gasteiger partial charge in [0, 0.05) is 0 Å². The van der Waals surface area contributed by atoms with Gasteiger partial charge in [-0.1, -0.05) is 104 Å². The highest BCUT2D eigenvalue weighted by Gasteiger charge is 2.59. The van der Waals surface area contributed by atoms with E-state index in [0.717, 1.165) is 49.5 Å². The van der Waals surface area contributed by atoms with Gasteiger partial charge in [0.1, 0.15) is 34.3 Å². The van der Waals surface area contributed by atoms with Crippen molar-refractivity contribution in [2.24, 2.45) is 39.9 Å². The van der Waals surface area contributed by atoms with E-state index in [1.807, 2.05) is 67.5 Å². The van der Waals surface area contributed by atoms with Crippen LogP contribution in [0.15, 0.2) is 97.1 Å². The molecule has 3 atom stereocenters. The van der Waals surface area contributed by atoms with Gasteiger partial charge in [-0.15, -0.1) is 0 Å². The molecular weight excluding hydrogens is 961 g/mol. The first kappa shape index (κ1) is 62.0. The van der Waals surface area contributed by atoms with E-state index < -0.39 is 10.8 Å². The van der Waals surface area contributed by atoms with Gasteiger partial charge in [-0.3, -0.25) is 14.4 Å². The van der Waals surface area contributed by atoms with Crippen molar-refractivity contribution >= 4 is 28.7 Å². The highest BCUT2D eigenvalue weighted by atomic mass is 16.6. The third-order valence-electron chi connectivity index (χ3n) is 18.2. The van der Waals surface area contributed by atoms with Gasteiger partial charge in [0.05, 0.1) is 16.2 Å². The van der Waals surface area contributed by atoms with E-state index in [1.165, 1.54) is 71.7 Å². The molecule has 0 amide bonds. The van der Waals surface area contributed by atoms with Gasteiger partial charge in [0.15, 0.2) is 0 Å². The first-order valence-electron chi connectivity index (χ1n) is 28.7. The number of rotatable bonds is 12. The maximum Gasteiger partial charge on any atom is 0.316 e. The van der Waals surface area contributed by atoms with Gasteiger partial charge in [-0.25, -0.2) is 0 Å². The number of ether oxygens (including phenoxy) is 3. The molecule has 3 unspecified atom stereocenters. The number of carbonyl (C=O) groups excluding carboxylic acids is 3. The first-order chi connectivity index (χ1) is 36.2. The van der Waals surface area contributed by atoms with Crippen LogP contribution in [-0.2, 0) is 19.1 Å². The Hall–Kier alpha value is -5.83. The van der Waals surface area contributed by atoms with Crippen LogP contribution < -0.4 is 9.47 Å². The molecule has 0 spiro atoms. The molecule has 10 rings (SSSR count). The Labute approximate surface area is 462 Å². The van der Waals surface area contributed by atoms with Crippen molar-refractivity contribution in [1.82, 2.24) is 0 Å². The predicted molar refractivity (Wildman–Crippen MR) is 313 cm³/mol. The van der Waals surface area contributed by atoms with Crippen LogP contribution in [0.5, 0.6) is 28.7 Å². The van der Waals surface area contributed by atoms with Crippen LogP contribution in [0.25, 0.3) is 10.8 Å². The fourth-order valence-electron chi connectivity index (χ4n) is 11.2. The fourth-order valence-corrected chi connectivity index (χ4v) is 11.2. The minimum absolute atomic E-state index is 0.0364. The van der Waals surface area contributed by atoms with Gasteiger partial charge in [-0.05, 0) is 248 Å². The van der Waals surface area contributed by atoms with E-state index >= 15 is 0 Å². The van der Waals surface area contributed by atoms with E-state index in [1.54, 1.807) is 50.2 Å². The normalized spacial score (nSPS) is 22.1. The van der Waals surface area contributed by atoms with E-state index in [4.69, 9.17) is 19.3 Å². The van der Waals surface area contributed by atoms with E-state index in [2.05, 4.69) is 77.9 Å². The summed E-state index contributed by atoms with van der Waals surface area (Å²) in [5, 5.41) is 30.5. The van der Waals surface area contributed by atoms with E-state index in [-0.39, 0.29) is 40.4 Å². The topological polar surface area (TPSA) is 140 Å². The molecule has 5 aliphatic rings. The number of aryl methyl sites for hydroxylation is 2. The average molecular weight is 1060 g/mol. The SMILES string of the molecule is CC1c2cccc3cccc(c23)C1C.CCC(C)(C)C(=O)OC1(CC)C2CC3CC(C2)CC1C3.CCC(C)(C)C(=O)Oc1ccc(O)c(C)c1.CCC(C)(C)C(=O)Oc1ccc(O)cc1C.CCC(C)c1ccc(O)cc1. The van der Waals surface area contributed by atoms with Crippen LogP contribution >= 0.6 is 0 Å². The summed E-state index contributed by atoms with van der Waals surface area (Å²) >= 11 is 0. The maximum atomic E-state index is 12.6. The number of hydrogen-bond donors (Lipinski definition) is 3. The van der Waals surface area contributed by atoms with Gasteiger partial charge in [0.2, 0.25) is 0 Å². The number of aromatic hydroxyl groups is 3. The number of hydrogen-bond acceptors (Lipinski definition) is 9. The molecular formula is C68H94O9. The van der Waals surface area contributed by atoms with Crippen LogP contribution in [-0.4, -0.2) is 38.8 Å². The Bertz CT molecular complexity index is 2690. The van der Waals surface area contributed by atoms with Crippen LogP contribution in [0.3, 0.4) is 0 Å². The second-order valence-corrected chi connectivity index (χ2v) is 24.7. The monoisotopic (exact) mass is 1050 g/mol. The number of esters is 3. The first-order valence-corrected chi connectivity index (χ1v) is 28.7. The van der Waals surface area contributed by atoms with Crippen molar-refractivity contribution in [2.75, 3.05) is 0 Å². The summed E-state index contributed by atoms with van der Waals surface area (Å²) in [7, 11) is 0. The number of carbonyl (C=O) groups is 3. The molecule has 4 bridgehead atoms. The molecule has 0 saturated heterocycles. The Morgan fingerprint density at radius 3 is 1.52 bits per heavy atom. The lowest BCUT2D eigenvalue weighted by atomic mass is 9.49. The highest BCUT2D eigenvalue weighted by Crippen LogP contribution is 2.61. The predicted octanol–water partition coefficient (Wildman–Crippen LogP) is 17.6. The average Bonchev–Trinajstić information content (AvgIpc) is 3.71. The van der Waals surface area contributed by atoms with Gasteiger partial charge >= 0.3 is 17.9 Å². The Balaban J connectivity index is 0.000000180. The number of phenolic OH excluding ortho intramolecular Hbond substituents is 3. The Morgan fingerprint density at radius 1 is 0.584 bits per heavy atom. The van der Waals surface area contributed by atoms with Crippen LogP contribution in [0.4, 0.5) is 0 Å². The van der Waals surface area contributed by atoms with Crippen molar-refractivity contribution in [1.29, 1.82) is 0 Å². The molecule has 5 aromatic rings. The summed E-state index contributed by atoms with van der Waals surface area (Å²) in [4.78, 5) is 36.2. The van der Waals surface area contributed by atoms with Crippen molar-refractivity contribution in [3.05, 3.63) is 125 Å². The third kappa shape index (κ3) is 15.1.